The van der Waals surface area contributed by atoms with Gasteiger partial charge in [-0.05, 0) is 22.4 Å². The van der Waals surface area contributed by atoms with Gasteiger partial charge < -0.3 is 20.1 Å². The van der Waals surface area contributed by atoms with Gasteiger partial charge in [-0.15, -0.1) is 0 Å². The van der Waals surface area contributed by atoms with Gasteiger partial charge in [0.1, 0.15) is 6.54 Å². The van der Waals surface area contributed by atoms with Gasteiger partial charge in [-0.2, -0.15) is 0 Å². The number of anilines is 1. The van der Waals surface area contributed by atoms with Crippen LogP contribution < -0.4 is 4.90 Å². The van der Waals surface area contributed by atoms with E-state index in [1.807, 2.05) is 6.92 Å². The third-order valence-corrected chi connectivity index (χ3v) is 2.10. The van der Waals surface area contributed by atoms with E-state index in [2.05, 4.69) is 4.98 Å². The molecule has 0 aromatic carbocycles. The summed E-state index contributed by atoms with van der Waals surface area (Å²) in [5, 5.41) is 19.2. The minimum atomic E-state index is -0.947. The second-order valence-corrected chi connectivity index (χ2v) is 3.45. The van der Waals surface area contributed by atoms with Crippen molar-refractivity contribution in [2.45, 2.75) is 13.3 Å². The molecule has 0 aliphatic rings. The van der Waals surface area contributed by atoms with Crippen LogP contribution in [0.25, 0.3) is 0 Å². The quantitative estimate of drug-likeness (QED) is 0.593. The van der Waals surface area contributed by atoms with Crippen molar-refractivity contribution in [3.8, 4) is 0 Å². The fraction of sp³-hybridized carbons (Fsp3) is 0.400. The minimum absolute atomic E-state index is 0.146. The second-order valence-electron chi connectivity index (χ2n) is 3.45. The molecule has 92 valence electrons. The molecule has 7 nitrogen and oxygen atoms in total. The molecule has 1 aromatic rings. The van der Waals surface area contributed by atoms with Crippen molar-refractivity contribution in [1.29, 1.82) is 0 Å². The maximum absolute atomic E-state index is 10.7. The zero-order chi connectivity index (χ0) is 12.8. The molecule has 1 aromatic heterocycles. The van der Waals surface area contributed by atoms with Gasteiger partial charge in [0.25, 0.3) is 0 Å². The number of aromatic nitrogens is 1. The average molecular weight is 239 g/mol. The van der Waals surface area contributed by atoms with E-state index in [4.69, 9.17) is 5.11 Å². The molecule has 17 heavy (non-hydrogen) atoms. The zero-order valence-corrected chi connectivity index (χ0v) is 9.37. The number of aliphatic carboxylic acids is 1. The highest BCUT2D eigenvalue weighted by molar-refractivity contribution is 5.73. The Morgan fingerprint density at radius 1 is 1.59 bits per heavy atom. The van der Waals surface area contributed by atoms with Gasteiger partial charge in [-0.25, -0.2) is 0 Å². The van der Waals surface area contributed by atoms with Crippen LogP contribution in [0.5, 0.6) is 0 Å². The van der Waals surface area contributed by atoms with Crippen LogP contribution in [0.3, 0.4) is 0 Å². The first-order valence-electron chi connectivity index (χ1n) is 5.11. The summed E-state index contributed by atoms with van der Waals surface area (Å²) in [6.45, 7) is 2.34. The molecule has 0 spiro atoms. The highest BCUT2D eigenvalue weighted by Gasteiger charge is 2.13. The van der Waals surface area contributed by atoms with Gasteiger partial charge >= 0.3 is 11.8 Å². The third kappa shape index (κ3) is 3.71. The van der Waals surface area contributed by atoms with Gasteiger partial charge in [0.05, 0.1) is 5.69 Å². The van der Waals surface area contributed by atoms with Crippen LogP contribution in [0.2, 0.25) is 0 Å². The second kappa shape index (κ2) is 5.78. The Morgan fingerprint density at radius 3 is 2.71 bits per heavy atom. The Balaban J connectivity index is 2.86. The normalized spacial score (nSPS) is 9.94. The summed E-state index contributed by atoms with van der Waals surface area (Å²) >= 11 is 0. The van der Waals surface area contributed by atoms with Crippen molar-refractivity contribution in [2.24, 2.45) is 0 Å². The van der Waals surface area contributed by atoms with Gasteiger partial charge in [-0.1, -0.05) is 6.92 Å². The van der Waals surface area contributed by atoms with E-state index in [0.717, 1.165) is 6.42 Å². The van der Waals surface area contributed by atoms with Crippen molar-refractivity contribution in [1.82, 2.24) is 4.98 Å². The smallest absolute Gasteiger partial charge is 0.363 e. The molecule has 1 N–H and O–H groups in total. The third-order valence-electron chi connectivity index (χ3n) is 2.10. The number of carbonyl (C=O) groups is 1. The molecule has 1 rings (SSSR count). The lowest BCUT2D eigenvalue weighted by molar-refractivity contribution is -0.389. The lowest BCUT2D eigenvalue weighted by Gasteiger charge is -2.20. The van der Waals surface area contributed by atoms with Crippen LogP contribution in [-0.4, -0.2) is 34.1 Å². The molecule has 0 aliphatic heterocycles. The van der Waals surface area contributed by atoms with Crippen LogP contribution in [0.4, 0.5) is 11.5 Å². The average Bonchev–Trinajstić information content (AvgIpc) is 2.28. The summed E-state index contributed by atoms with van der Waals surface area (Å²) in [5.41, 5.74) is 0.569. The van der Waals surface area contributed by atoms with E-state index in [-0.39, 0.29) is 12.4 Å². The summed E-state index contributed by atoms with van der Waals surface area (Å²) in [7, 11) is 0. The number of nitrogens with zero attached hydrogens (tertiary/aromatic N) is 3. The number of hydrogen-bond donors (Lipinski definition) is 1. The Bertz CT molecular complexity index is 405. The fourth-order valence-electron chi connectivity index (χ4n) is 1.41. The first-order valence-corrected chi connectivity index (χ1v) is 5.11. The molecule has 1 heterocycles. The molecule has 0 fully saturated rings. The standard InChI is InChI=1S/C10H13N3O4/c1-2-5-12(7-10(14)15)8-3-4-9(11-6-8)13(16)17/h3-4,6H,2,5,7H2,1H3,(H,14,15). The Hall–Kier alpha value is -2.18. The van der Waals surface area contributed by atoms with Crippen molar-refractivity contribution in [2.75, 3.05) is 18.0 Å². The highest BCUT2D eigenvalue weighted by Crippen LogP contribution is 2.16. The number of pyridine rings is 1. The fourth-order valence-corrected chi connectivity index (χ4v) is 1.41. The SMILES string of the molecule is CCCN(CC(=O)O)c1ccc([N+](=O)[O-])nc1. The van der Waals surface area contributed by atoms with Crippen LogP contribution in [-0.2, 0) is 4.79 Å². The van der Waals surface area contributed by atoms with Crippen molar-refractivity contribution in [3.05, 3.63) is 28.4 Å². The molecule has 0 aliphatic carbocycles. The summed E-state index contributed by atoms with van der Waals surface area (Å²) < 4.78 is 0. The zero-order valence-electron chi connectivity index (χ0n) is 9.37. The van der Waals surface area contributed by atoms with Crippen molar-refractivity contribution in [3.63, 3.8) is 0 Å². The highest BCUT2D eigenvalue weighted by atomic mass is 16.6. The maximum atomic E-state index is 10.7. The molecule has 0 amide bonds. The summed E-state index contributed by atoms with van der Waals surface area (Å²) in [4.78, 5) is 25.8. The molecular weight excluding hydrogens is 226 g/mol. The topological polar surface area (TPSA) is 96.6 Å². The Kier molecular flexibility index (Phi) is 4.38. The Labute approximate surface area is 97.8 Å². The number of hydrogen-bond acceptors (Lipinski definition) is 5. The minimum Gasteiger partial charge on any atom is -0.480 e. The largest absolute Gasteiger partial charge is 0.480 e. The monoisotopic (exact) mass is 239 g/mol. The number of nitro groups is 1. The molecule has 0 radical (unpaired) electrons. The molecule has 0 saturated carbocycles. The van der Waals surface area contributed by atoms with E-state index in [0.29, 0.717) is 12.2 Å². The number of carboxylic acid groups (broad SMARTS) is 1. The van der Waals surface area contributed by atoms with Gasteiger partial charge in [-0.3, -0.25) is 4.79 Å². The molecule has 0 atom stereocenters. The van der Waals surface area contributed by atoms with Crippen molar-refractivity contribution < 1.29 is 14.8 Å². The lowest BCUT2D eigenvalue weighted by Crippen LogP contribution is -2.30. The van der Waals surface area contributed by atoms with Crippen LogP contribution in [0.15, 0.2) is 18.3 Å². The molecule has 0 bridgehead atoms. The molecule has 7 heteroatoms. The summed E-state index contributed by atoms with van der Waals surface area (Å²) in [6.07, 6.45) is 2.10. The van der Waals surface area contributed by atoms with Gasteiger partial charge in [0, 0.05) is 12.6 Å². The number of rotatable bonds is 6. The predicted octanol–water partition coefficient (Wildman–Crippen LogP) is 1.29. The van der Waals surface area contributed by atoms with E-state index in [1.165, 1.54) is 18.3 Å². The van der Waals surface area contributed by atoms with E-state index < -0.39 is 10.9 Å². The van der Waals surface area contributed by atoms with E-state index in [9.17, 15) is 14.9 Å². The van der Waals surface area contributed by atoms with Gasteiger partial charge in [0.2, 0.25) is 0 Å². The van der Waals surface area contributed by atoms with E-state index >= 15 is 0 Å². The first-order chi connectivity index (χ1) is 8.04. The van der Waals surface area contributed by atoms with Crippen LogP contribution in [0.1, 0.15) is 13.3 Å². The summed E-state index contributed by atoms with van der Waals surface area (Å²) in [5.74, 6) is -1.20. The van der Waals surface area contributed by atoms with E-state index in [1.54, 1.807) is 4.90 Å². The maximum Gasteiger partial charge on any atom is 0.363 e. The lowest BCUT2D eigenvalue weighted by atomic mass is 10.3. The predicted molar refractivity (Wildman–Crippen MR) is 61.0 cm³/mol. The Morgan fingerprint density at radius 2 is 2.29 bits per heavy atom. The molecular formula is C10H13N3O4. The molecule has 0 saturated heterocycles. The van der Waals surface area contributed by atoms with Crippen LogP contribution >= 0.6 is 0 Å². The van der Waals surface area contributed by atoms with Crippen molar-refractivity contribution >= 4 is 17.5 Å². The van der Waals surface area contributed by atoms with Gasteiger partial charge in [0.15, 0.2) is 6.20 Å². The number of carboxylic acids is 1. The van der Waals surface area contributed by atoms with Crippen LogP contribution in [0, 0.1) is 10.1 Å². The molecule has 0 unspecified atom stereocenters. The summed E-state index contributed by atoms with van der Waals surface area (Å²) in [6, 6.07) is 2.77. The first kappa shape index (κ1) is 12.9.